The minimum absolute atomic E-state index is 0.0208. The summed E-state index contributed by atoms with van der Waals surface area (Å²) in [5.41, 5.74) is 1.25. The molecule has 5 aromatic rings. The molecule has 3 aromatic carbocycles. The molecule has 0 fully saturated rings. The molecule has 5 rings (SSSR count). The number of rotatable bonds is 9. The van der Waals surface area contributed by atoms with E-state index in [1.165, 1.54) is 29.2 Å². The van der Waals surface area contributed by atoms with Gasteiger partial charge >= 0.3 is 0 Å². The topological polar surface area (TPSA) is 106 Å². The Kier molecular flexibility index (Phi) is 7.72. The van der Waals surface area contributed by atoms with Crippen LogP contribution in [-0.4, -0.2) is 32.0 Å². The molecule has 2 heterocycles. The number of nitrogens with zero attached hydrogens (tertiary/aromatic N) is 5. The van der Waals surface area contributed by atoms with Gasteiger partial charge in [0, 0.05) is 12.2 Å². The van der Waals surface area contributed by atoms with Crippen LogP contribution in [0.3, 0.4) is 0 Å². The van der Waals surface area contributed by atoms with Crippen molar-refractivity contribution in [3.8, 4) is 11.4 Å². The van der Waals surface area contributed by atoms with Crippen LogP contribution in [0.1, 0.15) is 23.1 Å². The van der Waals surface area contributed by atoms with Gasteiger partial charge in [-0.3, -0.25) is 14.5 Å². The number of hydrogen-bond acceptors (Lipinski definition) is 6. The molecule has 0 radical (unpaired) electrons. The van der Waals surface area contributed by atoms with E-state index in [0.717, 1.165) is 4.80 Å². The molecular weight excluding hydrogens is 518 g/mol. The van der Waals surface area contributed by atoms with E-state index in [2.05, 4.69) is 20.7 Å². The van der Waals surface area contributed by atoms with Crippen molar-refractivity contribution in [2.75, 3.05) is 4.90 Å². The van der Waals surface area contributed by atoms with Crippen LogP contribution < -0.4 is 10.2 Å². The van der Waals surface area contributed by atoms with Crippen molar-refractivity contribution >= 4 is 17.5 Å². The third-order valence-corrected chi connectivity index (χ3v) is 6.06. The average molecular weight is 543 g/mol. The molecular formula is C29H24F2N6O3. The Morgan fingerprint density at radius 3 is 2.38 bits per heavy atom. The third kappa shape index (κ3) is 5.93. The van der Waals surface area contributed by atoms with Crippen LogP contribution in [0.25, 0.3) is 11.4 Å². The van der Waals surface area contributed by atoms with E-state index in [4.69, 9.17) is 4.42 Å². The van der Waals surface area contributed by atoms with Crippen molar-refractivity contribution in [3.63, 3.8) is 0 Å². The average Bonchev–Trinajstić information content (AvgIpc) is 3.60. The summed E-state index contributed by atoms with van der Waals surface area (Å²) in [6, 6.07) is 22.5. The number of anilines is 1. The monoisotopic (exact) mass is 542 g/mol. The summed E-state index contributed by atoms with van der Waals surface area (Å²) < 4.78 is 33.4. The highest BCUT2D eigenvalue weighted by molar-refractivity contribution is 6.00. The first kappa shape index (κ1) is 26.4. The fourth-order valence-electron chi connectivity index (χ4n) is 4.15. The highest BCUT2D eigenvalue weighted by Gasteiger charge is 2.35. The molecule has 0 aliphatic heterocycles. The number of tetrazole rings is 1. The number of para-hydroxylation sites is 1. The van der Waals surface area contributed by atoms with Gasteiger partial charge in [0.1, 0.15) is 29.7 Å². The van der Waals surface area contributed by atoms with E-state index in [0.29, 0.717) is 17.0 Å². The lowest BCUT2D eigenvalue weighted by Crippen LogP contribution is -2.45. The minimum atomic E-state index is -1.20. The first-order chi connectivity index (χ1) is 19.4. The summed E-state index contributed by atoms with van der Waals surface area (Å²) in [5, 5.41) is 14.8. The summed E-state index contributed by atoms with van der Waals surface area (Å²) in [4.78, 5) is 29.8. The predicted octanol–water partition coefficient (Wildman–Crippen LogP) is 4.61. The Hall–Kier alpha value is -5.19. The molecule has 9 nitrogen and oxygen atoms in total. The highest BCUT2D eigenvalue weighted by atomic mass is 19.1. The molecule has 11 heteroatoms. The lowest BCUT2D eigenvalue weighted by molar-refractivity contribution is -0.127. The lowest BCUT2D eigenvalue weighted by Gasteiger charge is -2.29. The van der Waals surface area contributed by atoms with Gasteiger partial charge in [0.05, 0.1) is 5.56 Å². The standard InChI is InChI=1S/C29H24F2N6O3/c1-19-11-16-25(40-19)27(29(39)32-17-20-12-14-21(30)15-13-20)37(22-7-3-2-4-8-22)26(38)18-36-34-28(33-35-36)23-9-5-6-10-24(23)31/h2-16,27H,17-18H2,1H3,(H,32,39). The van der Waals surface area contributed by atoms with Crippen LogP contribution in [-0.2, 0) is 22.7 Å². The van der Waals surface area contributed by atoms with Gasteiger partial charge in [-0.2, -0.15) is 4.80 Å². The van der Waals surface area contributed by atoms with Crippen molar-refractivity contribution in [2.45, 2.75) is 26.1 Å². The van der Waals surface area contributed by atoms with E-state index in [9.17, 15) is 18.4 Å². The zero-order chi connectivity index (χ0) is 28.1. The summed E-state index contributed by atoms with van der Waals surface area (Å²) in [7, 11) is 0. The van der Waals surface area contributed by atoms with Gasteiger partial charge in [-0.1, -0.05) is 42.5 Å². The molecule has 2 aromatic heterocycles. The number of amides is 2. The number of benzene rings is 3. The molecule has 0 saturated carbocycles. The van der Waals surface area contributed by atoms with E-state index < -0.39 is 30.2 Å². The molecule has 0 spiro atoms. The van der Waals surface area contributed by atoms with Gasteiger partial charge in [0.2, 0.25) is 5.82 Å². The van der Waals surface area contributed by atoms with Crippen LogP contribution in [0.15, 0.2) is 95.4 Å². The van der Waals surface area contributed by atoms with Crippen LogP contribution in [0.2, 0.25) is 0 Å². The van der Waals surface area contributed by atoms with Crippen molar-refractivity contribution in [3.05, 3.63) is 120 Å². The summed E-state index contributed by atoms with van der Waals surface area (Å²) in [6.07, 6.45) is 0. The Balaban J connectivity index is 1.46. The van der Waals surface area contributed by atoms with E-state index in [1.807, 2.05) is 0 Å². The maximum absolute atomic E-state index is 14.2. The molecule has 0 bridgehead atoms. The van der Waals surface area contributed by atoms with Gasteiger partial charge in [-0.25, -0.2) is 8.78 Å². The van der Waals surface area contributed by atoms with E-state index >= 15 is 0 Å². The number of carbonyl (C=O) groups is 2. The van der Waals surface area contributed by atoms with Crippen molar-refractivity contribution in [2.24, 2.45) is 0 Å². The Labute approximate surface area is 228 Å². The molecule has 0 saturated heterocycles. The smallest absolute Gasteiger partial charge is 0.251 e. The first-order valence-electron chi connectivity index (χ1n) is 12.4. The summed E-state index contributed by atoms with van der Waals surface area (Å²) >= 11 is 0. The third-order valence-electron chi connectivity index (χ3n) is 6.06. The van der Waals surface area contributed by atoms with Gasteiger partial charge < -0.3 is 9.73 Å². The molecule has 40 heavy (non-hydrogen) atoms. The van der Waals surface area contributed by atoms with Crippen LogP contribution in [0, 0.1) is 18.6 Å². The van der Waals surface area contributed by atoms with E-state index in [-0.39, 0.29) is 29.5 Å². The SMILES string of the molecule is Cc1ccc(C(C(=O)NCc2ccc(F)cc2)N(C(=O)Cn2nnc(-c3ccccc3F)n2)c2ccccc2)o1. The molecule has 0 aliphatic carbocycles. The number of furan rings is 1. The molecule has 202 valence electrons. The second-order valence-corrected chi connectivity index (χ2v) is 8.92. The number of aryl methyl sites for hydroxylation is 1. The molecule has 0 aliphatic rings. The van der Waals surface area contributed by atoms with Gasteiger partial charge in [-0.15, -0.1) is 10.2 Å². The van der Waals surface area contributed by atoms with E-state index in [1.54, 1.807) is 73.7 Å². The summed E-state index contributed by atoms with van der Waals surface area (Å²) in [5.74, 6) is -1.16. The van der Waals surface area contributed by atoms with Crippen LogP contribution in [0.5, 0.6) is 0 Å². The zero-order valence-corrected chi connectivity index (χ0v) is 21.4. The van der Waals surface area contributed by atoms with Crippen molar-refractivity contribution < 1.29 is 22.8 Å². The fraction of sp³-hybridized carbons (Fsp3) is 0.138. The number of nitrogens with one attached hydrogen (secondary N) is 1. The van der Waals surface area contributed by atoms with Crippen molar-refractivity contribution in [1.29, 1.82) is 0 Å². The Morgan fingerprint density at radius 1 is 0.950 bits per heavy atom. The highest BCUT2D eigenvalue weighted by Crippen LogP contribution is 2.30. The van der Waals surface area contributed by atoms with Crippen LogP contribution in [0.4, 0.5) is 14.5 Å². The fourth-order valence-corrected chi connectivity index (χ4v) is 4.15. The number of hydrogen-bond donors (Lipinski definition) is 1. The molecule has 1 N–H and O–H groups in total. The Morgan fingerprint density at radius 2 is 1.68 bits per heavy atom. The molecule has 1 unspecified atom stereocenters. The lowest BCUT2D eigenvalue weighted by atomic mass is 10.1. The number of aromatic nitrogens is 4. The molecule has 2 amide bonds. The maximum atomic E-state index is 14.2. The first-order valence-corrected chi connectivity index (χ1v) is 12.4. The Bertz CT molecular complexity index is 1620. The second kappa shape index (κ2) is 11.7. The van der Waals surface area contributed by atoms with Gasteiger partial charge in [-0.05, 0) is 66.2 Å². The van der Waals surface area contributed by atoms with Gasteiger partial charge in [0.25, 0.3) is 11.8 Å². The van der Waals surface area contributed by atoms with Crippen molar-refractivity contribution in [1.82, 2.24) is 25.5 Å². The normalized spacial score (nSPS) is 11.7. The largest absolute Gasteiger partial charge is 0.464 e. The molecule has 1 atom stereocenters. The zero-order valence-electron chi connectivity index (χ0n) is 21.4. The van der Waals surface area contributed by atoms with Gasteiger partial charge in [0.15, 0.2) is 6.04 Å². The maximum Gasteiger partial charge on any atom is 0.251 e. The second-order valence-electron chi connectivity index (χ2n) is 8.92. The number of carbonyl (C=O) groups excluding carboxylic acids is 2. The predicted molar refractivity (Wildman–Crippen MR) is 142 cm³/mol. The number of halogens is 2. The minimum Gasteiger partial charge on any atom is -0.464 e. The quantitative estimate of drug-likeness (QED) is 0.292. The summed E-state index contributed by atoms with van der Waals surface area (Å²) in [6.45, 7) is 1.44. The van der Waals surface area contributed by atoms with Crippen LogP contribution >= 0.6 is 0 Å².